The van der Waals surface area contributed by atoms with Gasteiger partial charge in [0.25, 0.3) is 0 Å². The van der Waals surface area contributed by atoms with E-state index in [0.717, 1.165) is 17.5 Å². The Kier molecular flexibility index (Phi) is 4.15. The first-order chi connectivity index (χ1) is 10.1. The van der Waals surface area contributed by atoms with Gasteiger partial charge in [0.2, 0.25) is 0 Å². The normalized spacial score (nSPS) is 31.5. The van der Waals surface area contributed by atoms with E-state index in [-0.39, 0.29) is 18.1 Å². The number of benzene rings is 1. The van der Waals surface area contributed by atoms with Crippen LogP contribution in [0.1, 0.15) is 49.8 Å². The molecule has 0 saturated heterocycles. The minimum atomic E-state index is -0.531. The summed E-state index contributed by atoms with van der Waals surface area (Å²) < 4.78 is 0. The Morgan fingerprint density at radius 3 is 2.76 bits per heavy atom. The molecule has 4 atom stereocenters. The van der Waals surface area contributed by atoms with Crippen molar-refractivity contribution in [3.8, 4) is 0 Å². The number of carbonyl (C=O) groups excluding carboxylic acids is 1. The van der Waals surface area contributed by atoms with Crippen LogP contribution in [-0.2, 0) is 6.42 Å². The van der Waals surface area contributed by atoms with Crippen molar-refractivity contribution < 1.29 is 9.90 Å². The molecule has 114 valence electrons. The molecule has 2 aliphatic carbocycles. The van der Waals surface area contributed by atoms with E-state index < -0.39 is 6.10 Å². The van der Waals surface area contributed by atoms with E-state index in [1.165, 1.54) is 19.3 Å². The minimum Gasteiger partial charge on any atom is -0.390 e. The summed E-state index contributed by atoms with van der Waals surface area (Å²) in [7, 11) is 0. The fraction of sp³-hybridized carbons (Fsp3) is 0.588. The second kappa shape index (κ2) is 6.06. The van der Waals surface area contributed by atoms with Gasteiger partial charge in [-0.05, 0) is 29.9 Å². The van der Waals surface area contributed by atoms with Gasteiger partial charge in [-0.3, -0.25) is 0 Å². The molecule has 3 rings (SSSR count). The average Bonchev–Trinajstić information content (AvgIpc) is 2.78. The number of urea groups is 1. The molecule has 0 radical (unpaired) electrons. The first kappa shape index (κ1) is 14.4. The van der Waals surface area contributed by atoms with Crippen molar-refractivity contribution in [1.29, 1.82) is 0 Å². The molecule has 4 nitrogen and oxygen atoms in total. The van der Waals surface area contributed by atoms with Crippen LogP contribution in [0.3, 0.4) is 0 Å². The van der Waals surface area contributed by atoms with Crippen LogP contribution in [0.25, 0.3) is 0 Å². The molecule has 0 aliphatic heterocycles. The Labute approximate surface area is 125 Å². The molecule has 4 heteroatoms. The van der Waals surface area contributed by atoms with Crippen molar-refractivity contribution in [3.05, 3.63) is 35.4 Å². The summed E-state index contributed by atoms with van der Waals surface area (Å²) in [6.07, 6.45) is 4.76. The molecule has 1 aromatic rings. The van der Waals surface area contributed by atoms with Crippen LogP contribution in [0.4, 0.5) is 4.79 Å². The van der Waals surface area contributed by atoms with Crippen molar-refractivity contribution in [2.45, 2.75) is 57.2 Å². The maximum Gasteiger partial charge on any atom is 0.315 e. The predicted molar refractivity (Wildman–Crippen MR) is 82.0 cm³/mol. The lowest BCUT2D eigenvalue weighted by molar-refractivity contribution is 0.140. The number of amides is 2. The number of nitrogens with one attached hydrogen (secondary N) is 2. The van der Waals surface area contributed by atoms with Gasteiger partial charge in [-0.25, -0.2) is 4.79 Å². The number of hydrogen-bond donors (Lipinski definition) is 3. The van der Waals surface area contributed by atoms with Crippen molar-refractivity contribution in [1.82, 2.24) is 10.6 Å². The van der Waals surface area contributed by atoms with Crippen molar-refractivity contribution in [3.63, 3.8) is 0 Å². The molecule has 1 aromatic carbocycles. The zero-order valence-corrected chi connectivity index (χ0v) is 12.5. The SMILES string of the molecule is CC1CCCCC1NC(=O)N[C@@H]1c2ccccc2C[C@@H]1O. The average molecular weight is 288 g/mol. The van der Waals surface area contributed by atoms with E-state index >= 15 is 0 Å². The second-order valence-corrected chi connectivity index (χ2v) is 6.43. The largest absolute Gasteiger partial charge is 0.390 e. The summed E-state index contributed by atoms with van der Waals surface area (Å²) in [4.78, 5) is 12.2. The van der Waals surface area contributed by atoms with E-state index in [1.54, 1.807) is 0 Å². The van der Waals surface area contributed by atoms with E-state index in [0.29, 0.717) is 12.3 Å². The van der Waals surface area contributed by atoms with E-state index in [2.05, 4.69) is 17.6 Å². The summed E-state index contributed by atoms with van der Waals surface area (Å²) in [5, 5.41) is 16.2. The smallest absolute Gasteiger partial charge is 0.315 e. The number of rotatable bonds is 2. The fourth-order valence-corrected chi connectivity index (χ4v) is 3.63. The molecule has 0 heterocycles. The van der Waals surface area contributed by atoms with Crippen LogP contribution in [-0.4, -0.2) is 23.3 Å². The standard InChI is InChI=1S/C17H24N2O2/c1-11-6-2-5-9-14(11)18-17(21)19-16-13-8-4-3-7-12(13)10-15(16)20/h3-4,7-8,11,14-16,20H,2,5-6,9-10H2,1H3,(H2,18,19,21)/t11?,14?,15-,16+/m0/s1. The molecule has 2 amide bonds. The number of hydrogen-bond acceptors (Lipinski definition) is 2. The highest BCUT2D eigenvalue weighted by Crippen LogP contribution is 2.31. The molecule has 0 bridgehead atoms. The Morgan fingerprint density at radius 1 is 1.19 bits per heavy atom. The van der Waals surface area contributed by atoms with Crippen molar-refractivity contribution in [2.24, 2.45) is 5.92 Å². The van der Waals surface area contributed by atoms with E-state index in [9.17, 15) is 9.90 Å². The second-order valence-electron chi connectivity index (χ2n) is 6.43. The van der Waals surface area contributed by atoms with Crippen LogP contribution < -0.4 is 10.6 Å². The first-order valence-corrected chi connectivity index (χ1v) is 7.98. The summed E-state index contributed by atoms with van der Waals surface area (Å²) in [5.74, 6) is 0.533. The van der Waals surface area contributed by atoms with E-state index in [4.69, 9.17) is 0 Å². The number of aliphatic hydroxyl groups excluding tert-OH is 1. The Morgan fingerprint density at radius 2 is 1.95 bits per heavy atom. The number of carbonyl (C=O) groups is 1. The molecule has 2 aliphatic rings. The molecule has 3 N–H and O–H groups in total. The molecule has 1 fully saturated rings. The number of aliphatic hydroxyl groups is 1. The lowest BCUT2D eigenvalue weighted by atomic mass is 9.86. The van der Waals surface area contributed by atoms with Crippen molar-refractivity contribution in [2.75, 3.05) is 0 Å². The third kappa shape index (κ3) is 3.05. The summed E-state index contributed by atoms with van der Waals surface area (Å²) in [6, 6.07) is 7.73. The molecule has 0 spiro atoms. The highest BCUT2D eigenvalue weighted by atomic mass is 16.3. The van der Waals surface area contributed by atoms with Gasteiger partial charge in [-0.1, -0.05) is 44.0 Å². The summed E-state index contributed by atoms with van der Waals surface area (Å²) >= 11 is 0. The Balaban J connectivity index is 1.62. The lowest BCUT2D eigenvalue weighted by Gasteiger charge is -2.30. The first-order valence-electron chi connectivity index (χ1n) is 7.98. The van der Waals surface area contributed by atoms with Crippen LogP contribution in [0.5, 0.6) is 0 Å². The molecule has 21 heavy (non-hydrogen) atoms. The van der Waals surface area contributed by atoms with Gasteiger partial charge in [-0.2, -0.15) is 0 Å². The third-order valence-electron chi connectivity index (χ3n) is 4.92. The van der Waals surface area contributed by atoms with Gasteiger partial charge in [0, 0.05) is 12.5 Å². The fourth-order valence-electron chi connectivity index (χ4n) is 3.63. The molecule has 2 unspecified atom stereocenters. The molecule has 1 saturated carbocycles. The minimum absolute atomic E-state index is 0.158. The molecular formula is C17H24N2O2. The Bertz CT molecular complexity index is 517. The maximum atomic E-state index is 12.2. The van der Waals surface area contributed by atoms with Gasteiger partial charge < -0.3 is 15.7 Å². The van der Waals surface area contributed by atoms with Crippen LogP contribution in [0.2, 0.25) is 0 Å². The third-order valence-corrected chi connectivity index (χ3v) is 4.92. The molecule has 0 aromatic heterocycles. The van der Waals surface area contributed by atoms with Crippen LogP contribution >= 0.6 is 0 Å². The van der Waals surface area contributed by atoms with E-state index in [1.807, 2.05) is 24.3 Å². The molecular weight excluding hydrogens is 264 g/mol. The quantitative estimate of drug-likeness (QED) is 0.783. The van der Waals surface area contributed by atoms with Crippen LogP contribution in [0, 0.1) is 5.92 Å². The monoisotopic (exact) mass is 288 g/mol. The zero-order valence-electron chi connectivity index (χ0n) is 12.5. The maximum absolute atomic E-state index is 12.2. The van der Waals surface area contributed by atoms with Crippen LogP contribution in [0.15, 0.2) is 24.3 Å². The zero-order chi connectivity index (χ0) is 14.8. The van der Waals surface area contributed by atoms with Gasteiger partial charge >= 0.3 is 6.03 Å². The van der Waals surface area contributed by atoms with Crippen molar-refractivity contribution >= 4 is 6.03 Å². The summed E-state index contributed by atoms with van der Waals surface area (Å²) in [5.41, 5.74) is 2.16. The van der Waals surface area contributed by atoms with Gasteiger partial charge in [0.15, 0.2) is 0 Å². The van der Waals surface area contributed by atoms with Gasteiger partial charge in [-0.15, -0.1) is 0 Å². The Hall–Kier alpha value is -1.55. The highest BCUT2D eigenvalue weighted by molar-refractivity contribution is 5.75. The topological polar surface area (TPSA) is 61.4 Å². The van der Waals surface area contributed by atoms with Gasteiger partial charge in [0.05, 0.1) is 12.1 Å². The summed E-state index contributed by atoms with van der Waals surface area (Å²) in [6.45, 7) is 2.20. The predicted octanol–water partition coefficient (Wildman–Crippen LogP) is 2.52. The highest BCUT2D eigenvalue weighted by Gasteiger charge is 2.32. The lowest BCUT2D eigenvalue weighted by Crippen LogP contribution is -2.48. The van der Waals surface area contributed by atoms with Gasteiger partial charge in [0.1, 0.15) is 0 Å². The number of fused-ring (bicyclic) bond motifs is 1.